The maximum absolute atomic E-state index is 12.4. The normalized spacial score (nSPS) is 12.7. The summed E-state index contributed by atoms with van der Waals surface area (Å²) in [5.41, 5.74) is 2.41. The van der Waals surface area contributed by atoms with Crippen LogP contribution in [0.3, 0.4) is 0 Å². The van der Waals surface area contributed by atoms with E-state index in [1.54, 1.807) is 30.0 Å². The van der Waals surface area contributed by atoms with E-state index >= 15 is 0 Å². The Hall–Kier alpha value is -2.15. The van der Waals surface area contributed by atoms with E-state index in [9.17, 15) is 4.79 Å². The highest BCUT2D eigenvalue weighted by Gasteiger charge is 2.17. The molecule has 0 fully saturated rings. The predicted octanol–water partition coefficient (Wildman–Crippen LogP) is 4.98. The van der Waals surface area contributed by atoms with Gasteiger partial charge >= 0.3 is 0 Å². The molecule has 1 N–H and O–H groups in total. The van der Waals surface area contributed by atoms with E-state index in [1.165, 1.54) is 0 Å². The minimum atomic E-state index is -0.283. The van der Waals surface area contributed by atoms with Crippen LogP contribution in [0.4, 0.5) is 5.69 Å². The summed E-state index contributed by atoms with van der Waals surface area (Å²) in [5.74, 6) is 1.17. The lowest BCUT2D eigenvalue weighted by molar-refractivity contribution is -0.118. The summed E-state index contributed by atoms with van der Waals surface area (Å²) in [5, 5.41) is 4.76. The van der Waals surface area contributed by atoms with Crippen molar-refractivity contribution in [2.75, 3.05) is 17.7 Å². The van der Waals surface area contributed by atoms with Gasteiger partial charge in [0.25, 0.3) is 5.91 Å². The SMILES string of the molecule is O=C(COc1ccc(Cl)cc1Cl)Nc1ccccc1-c1cn2c(n1)SCC2. The smallest absolute Gasteiger partial charge is 0.262 e. The number of thioether (sulfide) groups is 1. The lowest BCUT2D eigenvalue weighted by atomic mass is 10.1. The van der Waals surface area contributed by atoms with Crippen LogP contribution in [0.15, 0.2) is 53.8 Å². The second kappa shape index (κ2) is 7.84. The molecular formula is C19H15Cl2N3O2S. The van der Waals surface area contributed by atoms with Gasteiger partial charge in [0.2, 0.25) is 0 Å². The third-order valence-electron chi connectivity index (χ3n) is 4.03. The van der Waals surface area contributed by atoms with Crippen LogP contribution in [0, 0.1) is 0 Å². The Kier molecular flexibility index (Phi) is 5.29. The van der Waals surface area contributed by atoms with Crippen LogP contribution in [0.1, 0.15) is 0 Å². The molecule has 0 aliphatic carbocycles. The van der Waals surface area contributed by atoms with Gasteiger partial charge in [-0.25, -0.2) is 4.98 Å². The van der Waals surface area contributed by atoms with E-state index in [-0.39, 0.29) is 12.5 Å². The van der Waals surface area contributed by atoms with Crippen molar-refractivity contribution in [1.29, 1.82) is 0 Å². The van der Waals surface area contributed by atoms with Crippen molar-refractivity contribution in [2.45, 2.75) is 11.7 Å². The number of imidazole rings is 1. The van der Waals surface area contributed by atoms with Crippen molar-refractivity contribution >= 4 is 46.6 Å². The molecule has 2 heterocycles. The summed E-state index contributed by atoms with van der Waals surface area (Å²) in [4.78, 5) is 17.0. The number of aryl methyl sites for hydroxylation is 1. The van der Waals surface area contributed by atoms with E-state index in [1.807, 2.05) is 30.5 Å². The van der Waals surface area contributed by atoms with Crippen molar-refractivity contribution in [2.24, 2.45) is 0 Å². The quantitative estimate of drug-likeness (QED) is 0.633. The summed E-state index contributed by atoms with van der Waals surface area (Å²) in [6.45, 7) is 0.794. The molecule has 8 heteroatoms. The summed E-state index contributed by atoms with van der Waals surface area (Å²) in [6.07, 6.45) is 2.02. The third kappa shape index (κ3) is 4.08. The number of hydrogen-bond acceptors (Lipinski definition) is 4. The number of benzene rings is 2. The number of fused-ring (bicyclic) bond motifs is 1. The molecule has 4 rings (SSSR count). The third-order valence-corrected chi connectivity index (χ3v) is 5.53. The number of amides is 1. The molecule has 3 aromatic rings. The van der Waals surface area contributed by atoms with E-state index in [4.69, 9.17) is 27.9 Å². The number of aromatic nitrogens is 2. The Morgan fingerprint density at radius 3 is 2.93 bits per heavy atom. The molecule has 0 atom stereocenters. The molecule has 1 aliphatic rings. The number of hydrogen-bond donors (Lipinski definition) is 1. The van der Waals surface area contributed by atoms with Crippen molar-refractivity contribution in [3.63, 3.8) is 0 Å². The lowest BCUT2D eigenvalue weighted by Gasteiger charge is -2.11. The van der Waals surface area contributed by atoms with E-state index in [2.05, 4.69) is 14.9 Å². The molecule has 0 radical (unpaired) electrons. The number of rotatable bonds is 5. The zero-order valence-electron chi connectivity index (χ0n) is 14.1. The first kappa shape index (κ1) is 18.2. The standard InChI is InChI=1S/C19H15Cl2N3O2S/c20-12-5-6-17(14(21)9-12)26-11-18(25)22-15-4-2-1-3-13(15)16-10-24-7-8-27-19(24)23-16/h1-6,9-10H,7-8,11H2,(H,22,25). The topological polar surface area (TPSA) is 56.1 Å². The highest BCUT2D eigenvalue weighted by atomic mass is 35.5. The maximum atomic E-state index is 12.4. The first-order valence-corrected chi connectivity index (χ1v) is 10.0. The number of nitrogens with zero attached hydrogens (tertiary/aromatic N) is 2. The van der Waals surface area contributed by atoms with Crippen molar-refractivity contribution < 1.29 is 9.53 Å². The van der Waals surface area contributed by atoms with Crippen LogP contribution in [0.5, 0.6) is 5.75 Å². The summed E-state index contributed by atoms with van der Waals surface area (Å²) in [7, 11) is 0. The Morgan fingerprint density at radius 1 is 1.26 bits per heavy atom. The first-order chi connectivity index (χ1) is 13.1. The fourth-order valence-corrected chi connectivity index (χ4v) is 4.18. The zero-order chi connectivity index (χ0) is 18.8. The summed E-state index contributed by atoms with van der Waals surface area (Å²) < 4.78 is 7.62. The van der Waals surface area contributed by atoms with Crippen LogP contribution in [0.25, 0.3) is 11.3 Å². The van der Waals surface area contributed by atoms with E-state index in [0.717, 1.165) is 28.7 Å². The molecule has 1 amide bonds. The monoisotopic (exact) mass is 419 g/mol. The highest BCUT2D eigenvalue weighted by Crippen LogP contribution is 2.32. The van der Waals surface area contributed by atoms with Crippen LogP contribution in [-0.4, -0.2) is 27.8 Å². The van der Waals surface area contributed by atoms with Gasteiger partial charge in [0.05, 0.1) is 16.4 Å². The van der Waals surface area contributed by atoms with Crippen molar-refractivity contribution in [3.05, 3.63) is 58.7 Å². The van der Waals surface area contributed by atoms with Crippen LogP contribution >= 0.6 is 35.0 Å². The fourth-order valence-electron chi connectivity index (χ4n) is 2.78. The second-order valence-electron chi connectivity index (χ2n) is 5.91. The van der Waals surface area contributed by atoms with Crippen molar-refractivity contribution in [3.8, 4) is 17.0 Å². The minimum absolute atomic E-state index is 0.161. The largest absolute Gasteiger partial charge is 0.482 e. The number of ether oxygens (including phenoxy) is 1. The van der Waals surface area contributed by atoms with Crippen molar-refractivity contribution in [1.82, 2.24) is 9.55 Å². The average Bonchev–Trinajstić information content (AvgIpc) is 3.23. The molecule has 1 aromatic heterocycles. The van der Waals surface area contributed by atoms with Gasteiger partial charge in [-0.1, -0.05) is 53.2 Å². The molecule has 27 heavy (non-hydrogen) atoms. The average molecular weight is 420 g/mol. The van der Waals surface area contributed by atoms with Crippen LogP contribution < -0.4 is 10.1 Å². The second-order valence-corrected chi connectivity index (χ2v) is 7.81. The van der Waals surface area contributed by atoms with Gasteiger partial charge in [0, 0.05) is 29.1 Å². The van der Waals surface area contributed by atoms with Gasteiger partial charge in [-0.05, 0) is 24.3 Å². The lowest BCUT2D eigenvalue weighted by Crippen LogP contribution is -2.20. The Bertz CT molecular complexity index is 985. The van der Waals surface area contributed by atoms with Gasteiger partial charge in [-0.2, -0.15) is 0 Å². The number of anilines is 1. The number of nitrogens with one attached hydrogen (secondary N) is 1. The molecule has 1 aliphatic heterocycles. The molecule has 0 spiro atoms. The molecule has 2 aromatic carbocycles. The Morgan fingerprint density at radius 2 is 2.11 bits per heavy atom. The van der Waals surface area contributed by atoms with Crippen LogP contribution in [-0.2, 0) is 11.3 Å². The van der Waals surface area contributed by atoms with Gasteiger partial charge in [-0.15, -0.1) is 0 Å². The van der Waals surface area contributed by atoms with Crippen LogP contribution in [0.2, 0.25) is 10.0 Å². The van der Waals surface area contributed by atoms with Gasteiger partial charge in [0.1, 0.15) is 5.75 Å². The molecule has 0 saturated heterocycles. The fraction of sp³-hybridized carbons (Fsp3) is 0.158. The molecule has 138 valence electrons. The molecule has 5 nitrogen and oxygen atoms in total. The molecular weight excluding hydrogens is 405 g/mol. The number of para-hydroxylation sites is 1. The molecule has 0 saturated carbocycles. The summed E-state index contributed by atoms with van der Waals surface area (Å²) >= 11 is 13.7. The Labute approximate surface area is 170 Å². The summed E-state index contributed by atoms with van der Waals surface area (Å²) in [6, 6.07) is 12.4. The van der Waals surface area contributed by atoms with Gasteiger partial charge in [0.15, 0.2) is 11.8 Å². The number of halogens is 2. The Balaban J connectivity index is 1.47. The number of carbonyl (C=O) groups excluding carboxylic acids is 1. The minimum Gasteiger partial charge on any atom is -0.482 e. The first-order valence-electron chi connectivity index (χ1n) is 8.27. The zero-order valence-corrected chi connectivity index (χ0v) is 16.4. The highest BCUT2D eigenvalue weighted by molar-refractivity contribution is 7.99. The van der Waals surface area contributed by atoms with E-state index in [0.29, 0.717) is 21.5 Å². The van der Waals surface area contributed by atoms with Gasteiger partial charge < -0.3 is 14.6 Å². The maximum Gasteiger partial charge on any atom is 0.262 e. The molecule has 0 unspecified atom stereocenters. The van der Waals surface area contributed by atoms with E-state index < -0.39 is 0 Å². The predicted molar refractivity (Wildman–Crippen MR) is 109 cm³/mol. The van der Waals surface area contributed by atoms with Gasteiger partial charge in [-0.3, -0.25) is 4.79 Å². The molecule has 0 bridgehead atoms. The number of carbonyl (C=O) groups is 1.